The topological polar surface area (TPSA) is 72.7 Å². The molecule has 2 heterocycles. The van der Waals surface area contributed by atoms with Gasteiger partial charge in [-0.1, -0.05) is 57.9 Å². The maximum Gasteiger partial charge on any atom is 0.310 e. The molecule has 1 amide bonds. The normalized spacial score (nSPS) is 10.9. The number of nitrogens with zero attached hydrogens (tertiary/aromatic N) is 2. The van der Waals surface area contributed by atoms with Gasteiger partial charge in [0.05, 0.1) is 30.6 Å². The third-order valence-corrected chi connectivity index (χ3v) is 6.32. The highest BCUT2D eigenvalue weighted by atomic mass is 79.9. The van der Waals surface area contributed by atoms with Gasteiger partial charge in [0.2, 0.25) is 0 Å². The molecule has 0 fully saturated rings. The van der Waals surface area contributed by atoms with Crippen LogP contribution in [-0.2, 0) is 27.3 Å². The summed E-state index contributed by atoms with van der Waals surface area (Å²) in [4.78, 5) is 29.4. The minimum Gasteiger partial charge on any atom is -0.455 e. The van der Waals surface area contributed by atoms with Crippen LogP contribution in [0.15, 0.2) is 64.6 Å². The molecule has 158 valence electrons. The Labute approximate surface area is 196 Å². The standard InChI is InChI=1S/C22H17BrClN3O3S/c23-16-7-5-14(6-8-16)19-13-31-22-26-11-17(27(19)22)10-25-20(28)12-30-21(29)9-15-3-1-2-4-18(15)24/h1-8,11,13H,9-10,12H2,(H,25,28). The Bertz CT molecular complexity index is 1240. The SMILES string of the molecule is O=C(COC(=O)Cc1ccccc1Cl)NCc1cnc2scc(-c3ccc(Br)cc3)n12. The van der Waals surface area contributed by atoms with Gasteiger partial charge in [0.15, 0.2) is 11.6 Å². The Kier molecular flexibility index (Phi) is 6.70. The summed E-state index contributed by atoms with van der Waals surface area (Å²) in [6.45, 7) is -0.0865. The number of hydrogen-bond acceptors (Lipinski definition) is 5. The van der Waals surface area contributed by atoms with Crippen LogP contribution in [0, 0.1) is 0 Å². The number of fused-ring (bicyclic) bond motifs is 1. The van der Waals surface area contributed by atoms with Crippen molar-refractivity contribution in [2.45, 2.75) is 13.0 Å². The van der Waals surface area contributed by atoms with Gasteiger partial charge in [0, 0.05) is 14.9 Å². The highest BCUT2D eigenvalue weighted by Crippen LogP contribution is 2.28. The molecule has 0 atom stereocenters. The molecule has 0 radical (unpaired) electrons. The van der Waals surface area contributed by atoms with Gasteiger partial charge in [-0.3, -0.25) is 14.0 Å². The van der Waals surface area contributed by atoms with Crippen LogP contribution in [0.3, 0.4) is 0 Å². The van der Waals surface area contributed by atoms with Crippen LogP contribution in [0.5, 0.6) is 0 Å². The summed E-state index contributed by atoms with van der Waals surface area (Å²) in [6.07, 6.45) is 1.75. The number of amides is 1. The molecule has 6 nitrogen and oxygen atoms in total. The van der Waals surface area contributed by atoms with E-state index in [9.17, 15) is 9.59 Å². The third kappa shape index (κ3) is 5.15. The van der Waals surface area contributed by atoms with E-state index >= 15 is 0 Å². The number of benzene rings is 2. The van der Waals surface area contributed by atoms with E-state index in [0.29, 0.717) is 10.6 Å². The van der Waals surface area contributed by atoms with E-state index in [2.05, 4.69) is 26.2 Å². The lowest BCUT2D eigenvalue weighted by molar-refractivity contribution is -0.147. The largest absolute Gasteiger partial charge is 0.455 e. The quantitative estimate of drug-likeness (QED) is 0.354. The number of hydrogen-bond donors (Lipinski definition) is 1. The second-order valence-corrected chi connectivity index (χ2v) is 8.86. The Balaban J connectivity index is 1.35. The van der Waals surface area contributed by atoms with Crippen LogP contribution < -0.4 is 5.32 Å². The van der Waals surface area contributed by atoms with E-state index in [0.717, 1.165) is 26.4 Å². The molecule has 4 aromatic rings. The van der Waals surface area contributed by atoms with Crippen LogP contribution >= 0.6 is 38.9 Å². The molecule has 2 aromatic carbocycles. The molecule has 0 aliphatic heterocycles. The number of imidazole rings is 1. The molecule has 4 rings (SSSR count). The van der Waals surface area contributed by atoms with Crippen LogP contribution in [0.25, 0.3) is 16.2 Å². The number of rotatable bonds is 7. The average Bonchev–Trinajstić information content (AvgIpc) is 3.36. The monoisotopic (exact) mass is 517 g/mol. The van der Waals surface area contributed by atoms with Crippen LogP contribution in [-0.4, -0.2) is 27.9 Å². The van der Waals surface area contributed by atoms with Crippen molar-refractivity contribution in [3.63, 3.8) is 0 Å². The van der Waals surface area contributed by atoms with Crippen molar-refractivity contribution in [3.05, 3.63) is 80.9 Å². The number of carbonyl (C=O) groups is 2. The number of carbonyl (C=O) groups excluding carboxylic acids is 2. The van der Waals surface area contributed by atoms with E-state index in [1.807, 2.05) is 34.0 Å². The number of aromatic nitrogens is 2. The smallest absolute Gasteiger partial charge is 0.310 e. The number of ether oxygens (including phenoxy) is 1. The molecular weight excluding hydrogens is 502 g/mol. The summed E-state index contributed by atoms with van der Waals surface area (Å²) in [5, 5.41) is 5.31. The van der Waals surface area contributed by atoms with Gasteiger partial charge < -0.3 is 10.1 Å². The summed E-state index contributed by atoms with van der Waals surface area (Å²) in [7, 11) is 0. The molecule has 31 heavy (non-hydrogen) atoms. The van der Waals surface area contributed by atoms with Crippen molar-refractivity contribution >= 4 is 55.7 Å². The first-order valence-electron chi connectivity index (χ1n) is 9.37. The summed E-state index contributed by atoms with van der Waals surface area (Å²) < 4.78 is 8.09. The van der Waals surface area contributed by atoms with Gasteiger partial charge in [-0.2, -0.15) is 0 Å². The molecule has 2 aromatic heterocycles. The maximum atomic E-state index is 12.2. The molecule has 0 bridgehead atoms. The van der Waals surface area contributed by atoms with Crippen LogP contribution in [0.1, 0.15) is 11.3 Å². The van der Waals surface area contributed by atoms with Crippen LogP contribution in [0.2, 0.25) is 5.02 Å². The van der Waals surface area contributed by atoms with E-state index in [-0.39, 0.29) is 25.5 Å². The van der Waals surface area contributed by atoms with Gasteiger partial charge in [-0.05, 0) is 29.3 Å². The Morgan fingerprint density at radius 2 is 1.94 bits per heavy atom. The van der Waals surface area contributed by atoms with E-state index in [1.165, 1.54) is 11.3 Å². The Morgan fingerprint density at radius 3 is 2.71 bits per heavy atom. The molecule has 9 heteroatoms. The fourth-order valence-electron chi connectivity index (χ4n) is 3.05. The Morgan fingerprint density at radius 1 is 1.16 bits per heavy atom. The second kappa shape index (κ2) is 9.64. The molecular formula is C22H17BrClN3O3S. The minimum absolute atomic E-state index is 0.0155. The first kappa shape index (κ1) is 21.5. The second-order valence-electron chi connectivity index (χ2n) is 6.70. The highest BCUT2D eigenvalue weighted by Gasteiger charge is 2.14. The van der Waals surface area contributed by atoms with E-state index < -0.39 is 5.97 Å². The minimum atomic E-state index is -0.509. The predicted octanol–water partition coefficient (Wildman–Crippen LogP) is 4.88. The average molecular weight is 519 g/mol. The zero-order chi connectivity index (χ0) is 21.8. The third-order valence-electron chi connectivity index (χ3n) is 4.58. The van der Waals surface area contributed by atoms with E-state index in [1.54, 1.807) is 30.5 Å². The fraction of sp³-hybridized carbons (Fsp3) is 0.136. The number of thiazole rings is 1. The predicted molar refractivity (Wildman–Crippen MR) is 124 cm³/mol. The lowest BCUT2D eigenvalue weighted by atomic mass is 10.1. The van der Waals surface area contributed by atoms with Crippen molar-refractivity contribution in [1.29, 1.82) is 0 Å². The van der Waals surface area contributed by atoms with E-state index in [4.69, 9.17) is 16.3 Å². The van der Waals surface area contributed by atoms with Gasteiger partial charge >= 0.3 is 5.97 Å². The zero-order valence-electron chi connectivity index (χ0n) is 16.2. The lowest BCUT2D eigenvalue weighted by Gasteiger charge is -2.08. The maximum absolute atomic E-state index is 12.2. The number of nitrogens with one attached hydrogen (secondary N) is 1. The first-order chi connectivity index (χ1) is 15.0. The van der Waals surface area contributed by atoms with Crippen LogP contribution in [0.4, 0.5) is 0 Å². The van der Waals surface area contributed by atoms with Crippen molar-refractivity contribution < 1.29 is 14.3 Å². The summed E-state index contributed by atoms with van der Waals surface area (Å²) in [5.41, 5.74) is 3.55. The van der Waals surface area contributed by atoms with Crippen molar-refractivity contribution in [2.24, 2.45) is 0 Å². The molecule has 0 aliphatic rings. The fourth-order valence-corrected chi connectivity index (χ4v) is 4.41. The molecule has 0 spiro atoms. The highest BCUT2D eigenvalue weighted by molar-refractivity contribution is 9.10. The van der Waals surface area contributed by atoms with Crippen molar-refractivity contribution in [2.75, 3.05) is 6.61 Å². The van der Waals surface area contributed by atoms with Crippen molar-refractivity contribution in [1.82, 2.24) is 14.7 Å². The Hall–Kier alpha value is -2.68. The molecule has 0 saturated carbocycles. The molecule has 1 N–H and O–H groups in total. The van der Waals surface area contributed by atoms with Gasteiger partial charge in [-0.15, -0.1) is 11.3 Å². The van der Waals surface area contributed by atoms with Crippen molar-refractivity contribution in [3.8, 4) is 11.3 Å². The first-order valence-corrected chi connectivity index (χ1v) is 11.4. The van der Waals surface area contributed by atoms with Gasteiger partial charge in [-0.25, -0.2) is 4.98 Å². The number of esters is 1. The summed E-state index contributed by atoms with van der Waals surface area (Å²) in [6, 6.07) is 15.0. The summed E-state index contributed by atoms with van der Waals surface area (Å²) in [5.74, 6) is -0.895. The van der Waals surface area contributed by atoms with Gasteiger partial charge in [0.1, 0.15) is 0 Å². The molecule has 0 saturated heterocycles. The molecule has 0 unspecified atom stereocenters. The lowest BCUT2D eigenvalue weighted by Crippen LogP contribution is -2.29. The number of halogens is 2. The summed E-state index contributed by atoms with van der Waals surface area (Å²) >= 11 is 11.0. The van der Waals surface area contributed by atoms with Gasteiger partial charge in [0.25, 0.3) is 5.91 Å². The molecule has 0 aliphatic carbocycles. The zero-order valence-corrected chi connectivity index (χ0v) is 19.3.